The van der Waals surface area contributed by atoms with Gasteiger partial charge in [0.2, 0.25) is 0 Å². The summed E-state index contributed by atoms with van der Waals surface area (Å²) < 4.78 is 7.56. The van der Waals surface area contributed by atoms with Crippen LogP contribution in [0.2, 0.25) is 10.0 Å². The predicted molar refractivity (Wildman–Crippen MR) is 133 cm³/mol. The topological polar surface area (TPSA) is 26.2 Å². The second-order valence-electron chi connectivity index (χ2n) is 7.35. The molecular formula is C25H25Cl3N2O. The highest BCUT2D eigenvalue weighted by Gasteiger charge is 2.15. The number of rotatable bonds is 7. The minimum absolute atomic E-state index is 0. The van der Waals surface area contributed by atoms with Crippen LogP contribution in [-0.2, 0) is 19.6 Å². The fourth-order valence-corrected chi connectivity index (χ4v) is 4.29. The van der Waals surface area contributed by atoms with Crippen LogP contribution in [0.5, 0.6) is 5.75 Å². The molecule has 0 aliphatic heterocycles. The Kier molecular flexibility index (Phi) is 7.90. The van der Waals surface area contributed by atoms with Crippen LogP contribution in [0.25, 0.3) is 10.9 Å². The molecule has 0 fully saturated rings. The molecule has 0 radical (unpaired) electrons. The van der Waals surface area contributed by atoms with Crippen LogP contribution in [0.4, 0.5) is 0 Å². The summed E-state index contributed by atoms with van der Waals surface area (Å²) in [7, 11) is 1.68. The molecule has 0 atom stereocenters. The Bertz CT molecular complexity index is 1170. The van der Waals surface area contributed by atoms with Crippen molar-refractivity contribution in [2.75, 3.05) is 7.11 Å². The van der Waals surface area contributed by atoms with Gasteiger partial charge in [0.05, 0.1) is 7.11 Å². The quantitative estimate of drug-likeness (QED) is 0.311. The molecule has 0 amide bonds. The second-order valence-corrected chi connectivity index (χ2v) is 8.20. The molecule has 1 heterocycles. The first-order chi connectivity index (χ1) is 14.6. The van der Waals surface area contributed by atoms with Gasteiger partial charge in [0, 0.05) is 46.3 Å². The number of aromatic nitrogens is 1. The van der Waals surface area contributed by atoms with Crippen molar-refractivity contribution in [3.05, 3.63) is 99.2 Å². The van der Waals surface area contributed by atoms with E-state index in [1.54, 1.807) is 13.2 Å². The smallest absolute Gasteiger partial charge is 0.118 e. The van der Waals surface area contributed by atoms with Gasteiger partial charge in [-0.3, -0.25) is 0 Å². The third-order valence-electron chi connectivity index (χ3n) is 5.50. The van der Waals surface area contributed by atoms with Crippen LogP contribution < -0.4 is 10.1 Å². The van der Waals surface area contributed by atoms with E-state index in [4.69, 9.17) is 27.9 Å². The molecule has 31 heavy (non-hydrogen) atoms. The Labute approximate surface area is 199 Å². The molecule has 0 aliphatic carbocycles. The summed E-state index contributed by atoms with van der Waals surface area (Å²) in [6, 6.07) is 22.4. The third-order valence-corrected chi connectivity index (χ3v) is 6.08. The Morgan fingerprint density at radius 2 is 1.68 bits per heavy atom. The van der Waals surface area contributed by atoms with Crippen LogP contribution in [0, 0.1) is 6.92 Å². The number of para-hydroxylation sites is 1. The number of halogens is 3. The molecule has 1 N–H and O–H groups in total. The maximum atomic E-state index is 6.44. The van der Waals surface area contributed by atoms with Crippen molar-refractivity contribution >= 4 is 46.5 Å². The van der Waals surface area contributed by atoms with Crippen molar-refractivity contribution in [1.82, 2.24) is 9.88 Å². The van der Waals surface area contributed by atoms with Crippen molar-refractivity contribution in [3.8, 4) is 5.75 Å². The average molecular weight is 476 g/mol. The summed E-state index contributed by atoms with van der Waals surface area (Å²) in [4.78, 5) is 0. The molecule has 0 aliphatic rings. The summed E-state index contributed by atoms with van der Waals surface area (Å²) in [5, 5.41) is 6.20. The molecule has 1 aromatic heterocycles. The number of ether oxygens (including phenoxy) is 1. The van der Waals surface area contributed by atoms with E-state index in [0.29, 0.717) is 16.6 Å². The molecule has 0 saturated heterocycles. The Morgan fingerprint density at radius 3 is 2.39 bits per heavy atom. The molecule has 162 valence electrons. The lowest BCUT2D eigenvalue weighted by atomic mass is 10.1. The van der Waals surface area contributed by atoms with E-state index >= 15 is 0 Å². The van der Waals surface area contributed by atoms with Crippen LogP contribution in [0.1, 0.15) is 22.4 Å². The van der Waals surface area contributed by atoms with Gasteiger partial charge in [0.25, 0.3) is 0 Å². The van der Waals surface area contributed by atoms with Gasteiger partial charge in [0.15, 0.2) is 0 Å². The number of nitrogens with zero attached hydrogens (tertiary/aromatic N) is 1. The van der Waals surface area contributed by atoms with Crippen molar-refractivity contribution in [3.63, 3.8) is 0 Å². The summed E-state index contributed by atoms with van der Waals surface area (Å²) in [5.41, 5.74) is 6.05. The van der Waals surface area contributed by atoms with Crippen molar-refractivity contribution < 1.29 is 4.74 Å². The van der Waals surface area contributed by atoms with E-state index in [9.17, 15) is 0 Å². The molecule has 4 rings (SSSR count). The highest BCUT2D eigenvalue weighted by Crippen LogP contribution is 2.29. The first kappa shape index (κ1) is 23.5. The highest BCUT2D eigenvalue weighted by molar-refractivity contribution is 6.35. The molecule has 6 heteroatoms. The number of hydrogen-bond donors (Lipinski definition) is 1. The lowest BCUT2D eigenvalue weighted by Gasteiger charge is -2.11. The van der Waals surface area contributed by atoms with E-state index in [1.807, 2.05) is 24.3 Å². The zero-order valence-electron chi connectivity index (χ0n) is 17.5. The lowest BCUT2D eigenvalue weighted by Crippen LogP contribution is -2.13. The van der Waals surface area contributed by atoms with E-state index in [-0.39, 0.29) is 12.4 Å². The number of benzene rings is 3. The van der Waals surface area contributed by atoms with Crippen LogP contribution in [-0.4, -0.2) is 11.7 Å². The fourth-order valence-electron chi connectivity index (χ4n) is 3.83. The molecule has 3 aromatic carbocycles. The minimum atomic E-state index is 0. The first-order valence-corrected chi connectivity index (χ1v) is 10.7. The third kappa shape index (κ3) is 5.19. The molecule has 4 aromatic rings. The van der Waals surface area contributed by atoms with E-state index in [1.165, 1.54) is 27.7 Å². The first-order valence-electron chi connectivity index (χ1n) is 9.91. The lowest BCUT2D eigenvalue weighted by molar-refractivity contribution is 0.414. The Hall–Kier alpha value is -2.17. The normalized spacial score (nSPS) is 10.8. The number of nitrogens with one attached hydrogen (secondary N) is 1. The van der Waals surface area contributed by atoms with Crippen molar-refractivity contribution in [2.24, 2.45) is 0 Å². The molecular weight excluding hydrogens is 451 g/mol. The van der Waals surface area contributed by atoms with Crippen LogP contribution in [0.3, 0.4) is 0 Å². The fraction of sp³-hybridized carbons (Fsp3) is 0.200. The zero-order valence-corrected chi connectivity index (χ0v) is 19.8. The number of fused-ring (bicyclic) bond motifs is 1. The van der Waals surface area contributed by atoms with Crippen molar-refractivity contribution in [2.45, 2.75) is 26.6 Å². The van der Waals surface area contributed by atoms with Gasteiger partial charge >= 0.3 is 0 Å². The standard InChI is InChI=1S/C25H24Cl2N2O.ClH/c1-17-23(15-28-14-18-7-11-21(30-2)12-8-18)22-5-3-4-6-25(22)29(17)16-19-9-10-20(26)13-24(19)27;/h3-13,28H,14-16H2,1-2H3;1H. The molecule has 3 nitrogen and oxygen atoms in total. The molecule has 0 bridgehead atoms. The zero-order chi connectivity index (χ0) is 21.1. The maximum absolute atomic E-state index is 6.44. The largest absolute Gasteiger partial charge is 0.497 e. The number of methoxy groups -OCH3 is 1. The van der Waals surface area contributed by atoms with Crippen molar-refractivity contribution in [1.29, 1.82) is 0 Å². The van der Waals surface area contributed by atoms with Crippen LogP contribution >= 0.6 is 35.6 Å². The van der Waals surface area contributed by atoms with E-state index in [0.717, 1.165) is 24.4 Å². The van der Waals surface area contributed by atoms with E-state index < -0.39 is 0 Å². The highest BCUT2D eigenvalue weighted by atomic mass is 35.5. The summed E-state index contributed by atoms with van der Waals surface area (Å²) >= 11 is 12.5. The molecule has 0 saturated carbocycles. The minimum Gasteiger partial charge on any atom is -0.497 e. The maximum Gasteiger partial charge on any atom is 0.118 e. The molecule has 0 unspecified atom stereocenters. The number of hydrogen-bond acceptors (Lipinski definition) is 2. The molecule has 0 spiro atoms. The van der Waals surface area contributed by atoms with Gasteiger partial charge in [-0.1, -0.05) is 59.6 Å². The average Bonchev–Trinajstić information content (AvgIpc) is 3.02. The van der Waals surface area contributed by atoms with Gasteiger partial charge in [-0.15, -0.1) is 12.4 Å². The summed E-state index contributed by atoms with van der Waals surface area (Å²) in [5.74, 6) is 0.874. The second kappa shape index (κ2) is 10.4. The predicted octanol–water partition coefficient (Wildman–Crippen LogP) is 7.03. The Balaban J connectivity index is 0.00000272. The summed E-state index contributed by atoms with van der Waals surface area (Å²) in [6.45, 7) is 4.47. The monoisotopic (exact) mass is 474 g/mol. The van der Waals surface area contributed by atoms with Crippen LogP contribution in [0.15, 0.2) is 66.7 Å². The van der Waals surface area contributed by atoms with E-state index in [2.05, 4.69) is 53.2 Å². The SMILES string of the molecule is COc1ccc(CNCc2c(C)n(Cc3ccc(Cl)cc3Cl)c3ccccc23)cc1.Cl. The Morgan fingerprint density at radius 1 is 0.935 bits per heavy atom. The van der Waals surface area contributed by atoms with Gasteiger partial charge < -0.3 is 14.6 Å². The van der Waals surface area contributed by atoms with Gasteiger partial charge in [-0.2, -0.15) is 0 Å². The van der Waals surface area contributed by atoms with Gasteiger partial charge in [-0.25, -0.2) is 0 Å². The summed E-state index contributed by atoms with van der Waals surface area (Å²) in [6.07, 6.45) is 0. The van der Waals surface area contributed by atoms with Gasteiger partial charge in [-0.05, 0) is 53.9 Å². The van der Waals surface area contributed by atoms with Gasteiger partial charge in [0.1, 0.15) is 5.75 Å².